The lowest BCUT2D eigenvalue weighted by atomic mass is 10.1. The summed E-state index contributed by atoms with van der Waals surface area (Å²) in [5.41, 5.74) is 2.11. The minimum atomic E-state index is -3.17. The number of benzene rings is 1. The predicted octanol–water partition coefficient (Wildman–Crippen LogP) is 2.91. The first-order valence-electron chi connectivity index (χ1n) is 9.57. The molecule has 29 heavy (non-hydrogen) atoms. The molecule has 2 N–H and O–H groups in total. The van der Waals surface area contributed by atoms with Crippen LogP contribution in [-0.4, -0.2) is 58.3 Å². The second-order valence-corrected chi connectivity index (χ2v) is 10.3. The van der Waals surface area contributed by atoms with Crippen LogP contribution in [0, 0.1) is 6.92 Å². The molecule has 0 fully saturated rings. The smallest absolute Gasteiger partial charge is 0.191 e. The minimum absolute atomic E-state index is 0. The molecule has 0 bridgehead atoms. The topological polar surface area (TPSA) is 89.0 Å². The quantitative estimate of drug-likeness (QED) is 0.205. The minimum Gasteiger partial charge on any atom is -0.491 e. The van der Waals surface area contributed by atoms with E-state index in [0.29, 0.717) is 38.9 Å². The van der Waals surface area contributed by atoms with Crippen LogP contribution >= 0.6 is 24.0 Å². The van der Waals surface area contributed by atoms with E-state index >= 15 is 0 Å². The van der Waals surface area contributed by atoms with Crippen molar-refractivity contribution in [1.29, 1.82) is 0 Å². The first-order valence-corrected chi connectivity index (χ1v) is 11.2. The molecule has 7 nitrogen and oxygen atoms in total. The number of nitrogens with zero attached hydrogens (tertiary/aromatic N) is 1. The average Bonchev–Trinajstić information content (AvgIpc) is 2.61. The van der Waals surface area contributed by atoms with E-state index in [-0.39, 0.29) is 29.7 Å². The summed E-state index contributed by atoms with van der Waals surface area (Å²) < 4.78 is 34.8. The second kappa shape index (κ2) is 13.3. The Morgan fingerprint density at radius 2 is 1.86 bits per heavy atom. The molecular weight excluding hydrogens is 505 g/mol. The fraction of sp³-hybridized carbons (Fsp3) is 0.650. The van der Waals surface area contributed by atoms with Crippen LogP contribution in [0.25, 0.3) is 0 Å². The summed E-state index contributed by atoms with van der Waals surface area (Å²) in [6.07, 6.45) is 0. The van der Waals surface area contributed by atoms with Gasteiger partial charge in [-0.3, -0.25) is 4.99 Å². The van der Waals surface area contributed by atoms with Gasteiger partial charge in [0.1, 0.15) is 12.4 Å². The highest BCUT2D eigenvalue weighted by atomic mass is 127. The molecule has 0 amide bonds. The van der Waals surface area contributed by atoms with E-state index < -0.39 is 14.6 Å². The Kier molecular flexibility index (Phi) is 12.8. The van der Waals surface area contributed by atoms with Crippen LogP contribution in [-0.2, 0) is 21.1 Å². The van der Waals surface area contributed by atoms with Crippen LogP contribution in [0.15, 0.2) is 23.2 Å². The van der Waals surface area contributed by atoms with E-state index in [0.717, 1.165) is 16.9 Å². The summed E-state index contributed by atoms with van der Waals surface area (Å²) in [6, 6.07) is 6.03. The zero-order valence-electron chi connectivity index (χ0n) is 18.4. The molecule has 1 aromatic rings. The largest absolute Gasteiger partial charge is 0.491 e. The number of sulfone groups is 1. The number of hydrogen-bond donors (Lipinski definition) is 2. The molecule has 0 saturated heterocycles. The number of rotatable bonds is 10. The fourth-order valence-electron chi connectivity index (χ4n) is 2.31. The Balaban J connectivity index is 0.00000784. The Morgan fingerprint density at radius 3 is 2.45 bits per heavy atom. The van der Waals surface area contributed by atoms with Gasteiger partial charge in [-0.25, -0.2) is 8.42 Å². The zero-order chi connectivity index (χ0) is 21.2. The second-order valence-electron chi connectivity index (χ2n) is 7.44. The van der Waals surface area contributed by atoms with Crippen LogP contribution in [0.3, 0.4) is 0 Å². The van der Waals surface area contributed by atoms with Gasteiger partial charge in [-0.2, -0.15) is 0 Å². The molecule has 168 valence electrons. The van der Waals surface area contributed by atoms with Gasteiger partial charge < -0.3 is 20.1 Å². The highest BCUT2D eigenvalue weighted by Crippen LogP contribution is 2.20. The first kappa shape index (κ1) is 27.9. The number of halogens is 1. The van der Waals surface area contributed by atoms with Gasteiger partial charge in [0.2, 0.25) is 0 Å². The Bertz CT molecular complexity index is 747. The third kappa shape index (κ3) is 9.99. The molecule has 1 aromatic carbocycles. The Labute approximate surface area is 193 Å². The summed E-state index contributed by atoms with van der Waals surface area (Å²) in [5.74, 6) is 1.40. The number of nitrogens with one attached hydrogen (secondary N) is 2. The predicted molar refractivity (Wildman–Crippen MR) is 130 cm³/mol. The molecule has 0 spiro atoms. The van der Waals surface area contributed by atoms with Gasteiger partial charge in [0.15, 0.2) is 15.8 Å². The maximum atomic E-state index is 12.2. The molecule has 0 aromatic heterocycles. The van der Waals surface area contributed by atoms with E-state index in [2.05, 4.69) is 15.6 Å². The lowest BCUT2D eigenvalue weighted by Gasteiger charge is -2.20. The van der Waals surface area contributed by atoms with Crippen LogP contribution in [0.5, 0.6) is 5.75 Å². The maximum absolute atomic E-state index is 12.2. The standard InChI is InChI=1S/C20H35N3O4S.HI/c1-7-26-11-12-27-18-14-16(2)8-9-17(18)15-23-19(21-6)22-10-13-28(24,25)20(3,4)5;/h8-9,14H,7,10-13,15H2,1-6H3,(H2,21,22,23);1H. The fourth-order valence-corrected chi connectivity index (χ4v) is 3.29. The van der Waals surface area contributed by atoms with Crippen molar-refractivity contribution in [2.24, 2.45) is 4.99 Å². The van der Waals surface area contributed by atoms with Gasteiger partial charge in [-0.05, 0) is 46.2 Å². The van der Waals surface area contributed by atoms with E-state index in [4.69, 9.17) is 9.47 Å². The van der Waals surface area contributed by atoms with Gasteiger partial charge in [0, 0.05) is 32.3 Å². The van der Waals surface area contributed by atoms with Crippen molar-refractivity contribution in [3.05, 3.63) is 29.3 Å². The normalized spacial score (nSPS) is 12.3. The van der Waals surface area contributed by atoms with Crippen molar-refractivity contribution in [3.63, 3.8) is 0 Å². The number of hydrogen-bond acceptors (Lipinski definition) is 5. The van der Waals surface area contributed by atoms with Crippen LogP contribution in [0.1, 0.15) is 38.8 Å². The molecule has 0 unspecified atom stereocenters. The molecule has 1 rings (SSSR count). The van der Waals surface area contributed by atoms with Gasteiger partial charge in [-0.1, -0.05) is 12.1 Å². The molecule has 9 heteroatoms. The molecule has 0 heterocycles. The van der Waals surface area contributed by atoms with Gasteiger partial charge in [-0.15, -0.1) is 24.0 Å². The first-order chi connectivity index (χ1) is 13.1. The molecular formula is C20H36IN3O4S. The van der Waals surface area contributed by atoms with Gasteiger partial charge >= 0.3 is 0 Å². The Morgan fingerprint density at radius 1 is 1.17 bits per heavy atom. The number of aryl methyl sites for hydroxylation is 1. The van der Waals surface area contributed by atoms with Gasteiger partial charge in [0.25, 0.3) is 0 Å². The third-order valence-corrected chi connectivity index (χ3v) is 6.79. The van der Waals surface area contributed by atoms with E-state index in [9.17, 15) is 8.42 Å². The number of aliphatic imine (C=N–C) groups is 1. The number of ether oxygens (including phenoxy) is 2. The lowest BCUT2D eigenvalue weighted by Crippen LogP contribution is -2.41. The summed E-state index contributed by atoms with van der Waals surface area (Å²) >= 11 is 0. The summed E-state index contributed by atoms with van der Waals surface area (Å²) in [6.45, 7) is 11.6. The third-order valence-electron chi connectivity index (χ3n) is 4.18. The Hall–Kier alpha value is -1.07. The van der Waals surface area contributed by atoms with E-state index in [1.54, 1.807) is 27.8 Å². The summed E-state index contributed by atoms with van der Waals surface area (Å²) in [4.78, 5) is 4.16. The van der Waals surface area contributed by atoms with Crippen molar-refractivity contribution < 1.29 is 17.9 Å². The van der Waals surface area contributed by atoms with Gasteiger partial charge in [0.05, 0.1) is 17.1 Å². The van der Waals surface area contributed by atoms with Crippen molar-refractivity contribution in [1.82, 2.24) is 10.6 Å². The van der Waals surface area contributed by atoms with E-state index in [1.165, 1.54) is 0 Å². The highest BCUT2D eigenvalue weighted by Gasteiger charge is 2.28. The van der Waals surface area contributed by atoms with Crippen LogP contribution in [0.2, 0.25) is 0 Å². The molecule has 0 aliphatic heterocycles. The van der Waals surface area contributed by atoms with Crippen LogP contribution in [0.4, 0.5) is 0 Å². The SMILES string of the molecule is CCOCCOc1cc(C)ccc1CNC(=NC)NCCS(=O)(=O)C(C)(C)C.I. The summed E-state index contributed by atoms with van der Waals surface area (Å²) in [5, 5.41) is 6.26. The molecule has 0 aliphatic carbocycles. The average molecular weight is 541 g/mol. The monoisotopic (exact) mass is 541 g/mol. The lowest BCUT2D eigenvalue weighted by molar-refractivity contribution is 0.110. The molecule has 0 aliphatic rings. The van der Waals surface area contributed by atoms with Crippen molar-refractivity contribution in [2.75, 3.05) is 39.2 Å². The number of guanidine groups is 1. The highest BCUT2D eigenvalue weighted by molar-refractivity contribution is 14.0. The zero-order valence-corrected chi connectivity index (χ0v) is 21.5. The maximum Gasteiger partial charge on any atom is 0.191 e. The van der Waals surface area contributed by atoms with Crippen molar-refractivity contribution in [3.8, 4) is 5.75 Å². The molecule has 0 saturated carbocycles. The molecule has 0 atom stereocenters. The van der Waals surface area contributed by atoms with Crippen LogP contribution < -0.4 is 15.4 Å². The van der Waals surface area contributed by atoms with Crippen molar-refractivity contribution in [2.45, 2.75) is 45.9 Å². The van der Waals surface area contributed by atoms with E-state index in [1.807, 2.05) is 32.0 Å². The summed E-state index contributed by atoms with van der Waals surface area (Å²) in [7, 11) is -1.52. The molecule has 0 radical (unpaired) electrons. The van der Waals surface area contributed by atoms with Crippen molar-refractivity contribution >= 4 is 39.8 Å².